The Kier molecular flexibility index (Phi) is 6.97. The van der Waals surface area contributed by atoms with Crippen LogP contribution in [0.2, 0.25) is 5.02 Å². The maximum absolute atomic E-state index is 13.1. The minimum absolute atomic E-state index is 0.0230. The van der Waals surface area contributed by atoms with E-state index in [0.29, 0.717) is 10.2 Å². The zero-order valence-corrected chi connectivity index (χ0v) is 20.4. The lowest BCUT2D eigenvalue weighted by atomic mass is 10.2. The fourth-order valence-corrected chi connectivity index (χ4v) is 4.35. The molecule has 0 fully saturated rings. The van der Waals surface area contributed by atoms with E-state index in [2.05, 4.69) is 32.3 Å². The van der Waals surface area contributed by atoms with Crippen molar-refractivity contribution in [1.29, 1.82) is 0 Å². The number of pyridine rings is 1. The average Bonchev–Trinajstić information content (AvgIpc) is 3.22. The molecule has 7 nitrogen and oxygen atoms in total. The predicted molar refractivity (Wildman–Crippen MR) is 134 cm³/mol. The van der Waals surface area contributed by atoms with E-state index in [1.807, 2.05) is 80.2 Å². The van der Waals surface area contributed by atoms with Crippen LogP contribution in [0.4, 0.5) is 5.69 Å². The van der Waals surface area contributed by atoms with E-state index in [-0.39, 0.29) is 11.9 Å². The summed E-state index contributed by atoms with van der Waals surface area (Å²) < 4.78 is 1.98. The van der Waals surface area contributed by atoms with Crippen molar-refractivity contribution in [3.05, 3.63) is 71.6 Å². The third-order valence-corrected chi connectivity index (χ3v) is 6.74. The van der Waals surface area contributed by atoms with Gasteiger partial charge in [0.25, 0.3) is 0 Å². The second-order valence-electron chi connectivity index (χ2n) is 7.92. The van der Waals surface area contributed by atoms with Crippen molar-refractivity contribution in [3.63, 3.8) is 0 Å². The van der Waals surface area contributed by atoms with Gasteiger partial charge in [0.1, 0.15) is 0 Å². The van der Waals surface area contributed by atoms with Crippen molar-refractivity contribution in [3.8, 4) is 5.69 Å². The molecule has 0 radical (unpaired) electrons. The predicted octanol–water partition coefficient (Wildman–Crippen LogP) is 5.21. The largest absolute Gasteiger partial charge is 0.324 e. The number of hydrogen-bond donors (Lipinski definition) is 1. The SMILES string of the molecule is CC(Sc1nnc(C(C)N(C)C)n1-c1ccc(Cl)cc1)C(=O)Nc1cccc2ncccc12. The van der Waals surface area contributed by atoms with Crippen LogP contribution in [0.5, 0.6) is 0 Å². The highest BCUT2D eigenvalue weighted by Crippen LogP contribution is 2.30. The molecule has 0 bridgehead atoms. The van der Waals surface area contributed by atoms with Gasteiger partial charge in [-0.05, 0) is 76.5 Å². The van der Waals surface area contributed by atoms with E-state index in [4.69, 9.17) is 11.6 Å². The van der Waals surface area contributed by atoms with Gasteiger partial charge < -0.3 is 5.32 Å². The van der Waals surface area contributed by atoms with E-state index in [1.165, 1.54) is 11.8 Å². The Bertz CT molecular complexity index is 1270. The minimum atomic E-state index is -0.408. The van der Waals surface area contributed by atoms with Gasteiger partial charge >= 0.3 is 0 Å². The van der Waals surface area contributed by atoms with Crippen LogP contribution in [0.15, 0.2) is 66.0 Å². The molecule has 2 aromatic carbocycles. The number of anilines is 1. The average molecular weight is 481 g/mol. The highest BCUT2D eigenvalue weighted by atomic mass is 35.5. The molecule has 0 spiro atoms. The molecule has 0 saturated heterocycles. The normalized spacial score (nSPS) is 13.3. The standard InChI is InChI=1S/C24H25ClN6OS/c1-15(30(3)4)22-28-29-24(31(22)18-12-10-17(25)11-13-18)33-16(2)23(32)27-21-9-5-8-20-19(21)7-6-14-26-20/h5-16H,1-4H3,(H,27,32). The van der Waals surface area contributed by atoms with Gasteiger partial charge in [0, 0.05) is 22.3 Å². The number of hydrogen-bond acceptors (Lipinski definition) is 6. The minimum Gasteiger partial charge on any atom is -0.324 e. The van der Waals surface area contributed by atoms with E-state index >= 15 is 0 Å². The van der Waals surface area contributed by atoms with E-state index in [9.17, 15) is 4.79 Å². The van der Waals surface area contributed by atoms with Crippen LogP contribution in [-0.4, -0.2) is 49.9 Å². The van der Waals surface area contributed by atoms with Gasteiger partial charge in [-0.3, -0.25) is 19.2 Å². The molecule has 33 heavy (non-hydrogen) atoms. The molecule has 1 N–H and O–H groups in total. The number of halogens is 1. The van der Waals surface area contributed by atoms with Crippen molar-refractivity contribution >= 4 is 45.9 Å². The lowest BCUT2D eigenvalue weighted by Crippen LogP contribution is -2.23. The van der Waals surface area contributed by atoms with Gasteiger partial charge in [0.05, 0.1) is 22.5 Å². The maximum Gasteiger partial charge on any atom is 0.237 e. The fraction of sp³-hybridized carbons (Fsp3) is 0.250. The third kappa shape index (κ3) is 5.03. The Hall–Kier alpha value is -2.94. The number of carbonyl (C=O) groups excluding carboxylic acids is 1. The van der Waals surface area contributed by atoms with Gasteiger partial charge in [-0.15, -0.1) is 10.2 Å². The quantitative estimate of drug-likeness (QED) is 0.366. The third-order valence-electron chi connectivity index (χ3n) is 5.45. The molecule has 0 aliphatic carbocycles. The first-order valence-corrected chi connectivity index (χ1v) is 11.8. The Labute approximate surface area is 202 Å². The highest BCUT2D eigenvalue weighted by Gasteiger charge is 2.24. The summed E-state index contributed by atoms with van der Waals surface area (Å²) in [4.78, 5) is 19.5. The summed E-state index contributed by atoms with van der Waals surface area (Å²) >= 11 is 7.46. The summed E-state index contributed by atoms with van der Waals surface area (Å²) in [7, 11) is 3.99. The monoisotopic (exact) mass is 480 g/mol. The summed E-state index contributed by atoms with van der Waals surface area (Å²) in [5.74, 6) is 0.668. The van der Waals surface area contributed by atoms with Gasteiger partial charge in [-0.2, -0.15) is 0 Å². The molecule has 4 aromatic rings. The molecule has 0 aliphatic heterocycles. The number of benzene rings is 2. The topological polar surface area (TPSA) is 75.9 Å². The first-order chi connectivity index (χ1) is 15.8. The number of thioether (sulfide) groups is 1. The number of fused-ring (bicyclic) bond motifs is 1. The first kappa shape index (κ1) is 23.2. The van der Waals surface area contributed by atoms with Crippen molar-refractivity contribution in [2.24, 2.45) is 0 Å². The van der Waals surface area contributed by atoms with E-state index < -0.39 is 5.25 Å². The molecule has 170 valence electrons. The Morgan fingerprint density at radius 2 is 1.82 bits per heavy atom. The summed E-state index contributed by atoms with van der Waals surface area (Å²) in [6.07, 6.45) is 1.74. The molecular formula is C24H25ClN6OS. The van der Waals surface area contributed by atoms with Crippen LogP contribution in [-0.2, 0) is 4.79 Å². The number of carbonyl (C=O) groups is 1. The zero-order chi connectivity index (χ0) is 23.5. The van der Waals surface area contributed by atoms with Gasteiger partial charge in [-0.1, -0.05) is 29.4 Å². The summed E-state index contributed by atoms with van der Waals surface area (Å²) in [5, 5.41) is 13.7. The van der Waals surface area contributed by atoms with E-state index in [1.54, 1.807) is 6.20 Å². The van der Waals surface area contributed by atoms with Crippen LogP contribution in [0.3, 0.4) is 0 Å². The van der Waals surface area contributed by atoms with Crippen LogP contribution < -0.4 is 5.32 Å². The number of rotatable bonds is 7. The van der Waals surface area contributed by atoms with Crippen molar-refractivity contribution in [2.45, 2.75) is 30.3 Å². The number of amides is 1. The molecule has 9 heteroatoms. The van der Waals surface area contributed by atoms with Gasteiger partial charge in [-0.25, -0.2) is 0 Å². The Balaban J connectivity index is 1.61. The van der Waals surface area contributed by atoms with Crippen LogP contribution in [0, 0.1) is 0 Å². The fourth-order valence-electron chi connectivity index (χ4n) is 3.35. The Morgan fingerprint density at radius 3 is 2.55 bits per heavy atom. The molecule has 4 rings (SSSR count). The molecule has 0 saturated carbocycles. The molecule has 2 heterocycles. The number of nitrogens with zero attached hydrogens (tertiary/aromatic N) is 5. The zero-order valence-electron chi connectivity index (χ0n) is 18.9. The highest BCUT2D eigenvalue weighted by molar-refractivity contribution is 8.00. The molecule has 2 aromatic heterocycles. The second-order valence-corrected chi connectivity index (χ2v) is 9.66. The van der Waals surface area contributed by atoms with Crippen molar-refractivity contribution < 1.29 is 4.79 Å². The molecule has 1 amide bonds. The molecule has 0 aliphatic rings. The number of aromatic nitrogens is 4. The summed E-state index contributed by atoms with van der Waals surface area (Å²) in [5.41, 5.74) is 2.46. The van der Waals surface area contributed by atoms with Gasteiger partial charge in [0.15, 0.2) is 11.0 Å². The van der Waals surface area contributed by atoms with Crippen LogP contribution in [0.1, 0.15) is 25.7 Å². The van der Waals surface area contributed by atoms with Crippen LogP contribution in [0.25, 0.3) is 16.6 Å². The lowest BCUT2D eigenvalue weighted by Gasteiger charge is -2.21. The van der Waals surface area contributed by atoms with Crippen molar-refractivity contribution in [2.75, 3.05) is 19.4 Å². The first-order valence-electron chi connectivity index (χ1n) is 10.5. The number of nitrogens with one attached hydrogen (secondary N) is 1. The maximum atomic E-state index is 13.1. The molecule has 2 unspecified atom stereocenters. The molecule has 2 atom stereocenters. The summed E-state index contributed by atoms with van der Waals surface area (Å²) in [6, 6.07) is 17.0. The van der Waals surface area contributed by atoms with E-state index in [0.717, 1.165) is 28.1 Å². The summed E-state index contributed by atoms with van der Waals surface area (Å²) in [6.45, 7) is 3.93. The smallest absolute Gasteiger partial charge is 0.237 e. The molecular weight excluding hydrogens is 456 g/mol. The Morgan fingerprint density at radius 1 is 1.06 bits per heavy atom. The van der Waals surface area contributed by atoms with Crippen molar-refractivity contribution in [1.82, 2.24) is 24.6 Å². The van der Waals surface area contributed by atoms with Crippen LogP contribution >= 0.6 is 23.4 Å². The lowest BCUT2D eigenvalue weighted by molar-refractivity contribution is -0.115. The second kappa shape index (κ2) is 9.91. The van der Waals surface area contributed by atoms with Gasteiger partial charge in [0.2, 0.25) is 5.91 Å².